The number of aromatic nitrogens is 1. The molecule has 0 saturated carbocycles. The standard InChI is InChI=1S/C19H28FN3O/c1-14-11-17(24-4)16(15-5-6-21-18(14)15)12-22-7-9-23(10-8-22)13-19(2,3)20/h5-6,11,21H,7-10,12-13H2,1-4H3. The first-order valence-electron chi connectivity index (χ1n) is 8.64. The topological polar surface area (TPSA) is 31.5 Å². The van der Waals surface area contributed by atoms with Crippen molar-refractivity contribution in [1.29, 1.82) is 0 Å². The highest BCUT2D eigenvalue weighted by Crippen LogP contribution is 2.31. The van der Waals surface area contributed by atoms with Crippen LogP contribution in [0.15, 0.2) is 18.3 Å². The van der Waals surface area contributed by atoms with Gasteiger partial charge in [-0.15, -0.1) is 0 Å². The SMILES string of the molecule is COc1cc(C)c2[nH]ccc2c1CN1CCN(CC(C)(C)F)CC1. The molecule has 1 fully saturated rings. The average Bonchev–Trinajstić information content (AvgIpc) is 3.00. The summed E-state index contributed by atoms with van der Waals surface area (Å²) in [4.78, 5) is 7.97. The molecule has 0 radical (unpaired) electrons. The Bertz CT molecular complexity index is 696. The Morgan fingerprint density at radius 3 is 2.50 bits per heavy atom. The highest BCUT2D eigenvalue weighted by molar-refractivity contribution is 5.88. The zero-order chi connectivity index (χ0) is 17.3. The van der Waals surface area contributed by atoms with Crippen LogP contribution in [0.25, 0.3) is 10.9 Å². The molecule has 2 heterocycles. The highest BCUT2D eigenvalue weighted by Gasteiger charge is 2.25. The van der Waals surface area contributed by atoms with E-state index in [2.05, 4.69) is 33.8 Å². The fourth-order valence-corrected chi connectivity index (χ4v) is 3.64. The lowest BCUT2D eigenvalue weighted by atomic mass is 10.0. The number of aryl methyl sites for hydroxylation is 1. The molecule has 0 bridgehead atoms. The fourth-order valence-electron chi connectivity index (χ4n) is 3.64. The number of piperazine rings is 1. The molecule has 0 aliphatic carbocycles. The van der Waals surface area contributed by atoms with Crippen molar-refractivity contribution < 1.29 is 9.13 Å². The zero-order valence-corrected chi connectivity index (χ0v) is 15.2. The van der Waals surface area contributed by atoms with E-state index in [0.29, 0.717) is 6.54 Å². The molecule has 132 valence electrons. The summed E-state index contributed by atoms with van der Waals surface area (Å²) in [6.07, 6.45) is 1.99. The van der Waals surface area contributed by atoms with E-state index < -0.39 is 5.67 Å². The minimum absolute atomic E-state index is 0.511. The van der Waals surface area contributed by atoms with E-state index in [1.54, 1.807) is 21.0 Å². The predicted molar refractivity (Wildman–Crippen MR) is 96.5 cm³/mol. The van der Waals surface area contributed by atoms with E-state index in [1.165, 1.54) is 22.0 Å². The van der Waals surface area contributed by atoms with Crippen LogP contribution in [0.1, 0.15) is 25.0 Å². The number of nitrogens with zero attached hydrogens (tertiary/aromatic N) is 2. The van der Waals surface area contributed by atoms with Crippen LogP contribution in [0, 0.1) is 6.92 Å². The number of halogens is 1. The van der Waals surface area contributed by atoms with Crippen LogP contribution in [0.3, 0.4) is 0 Å². The van der Waals surface area contributed by atoms with Crippen LogP contribution in [-0.2, 0) is 6.54 Å². The van der Waals surface area contributed by atoms with Crippen molar-refractivity contribution in [2.45, 2.75) is 33.0 Å². The summed E-state index contributed by atoms with van der Waals surface area (Å²) in [7, 11) is 1.73. The van der Waals surface area contributed by atoms with Gasteiger partial charge in [-0.25, -0.2) is 4.39 Å². The van der Waals surface area contributed by atoms with Crippen molar-refractivity contribution in [3.8, 4) is 5.75 Å². The number of H-pyrrole nitrogens is 1. The first kappa shape index (κ1) is 17.2. The van der Waals surface area contributed by atoms with Gasteiger partial charge in [0.2, 0.25) is 0 Å². The van der Waals surface area contributed by atoms with E-state index >= 15 is 0 Å². The van der Waals surface area contributed by atoms with Gasteiger partial charge in [-0.3, -0.25) is 9.80 Å². The Hall–Kier alpha value is -1.59. The maximum Gasteiger partial charge on any atom is 0.124 e. The molecule has 1 aromatic heterocycles. The van der Waals surface area contributed by atoms with Crippen LogP contribution in [0.4, 0.5) is 4.39 Å². The third kappa shape index (κ3) is 3.73. The molecule has 0 amide bonds. The van der Waals surface area contributed by atoms with Crippen LogP contribution in [-0.4, -0.2) is 60.3 Å². The maximum atomic E-state index is 13.8. The highest BCUT2D eigenvalue weighted by atomic mass is 19.1. The molecule has 24 heavy (non-hydrogen) atoms. The zero-order valence-electron chi connectivity index (χ0n) is 15.2. The van der Waals surface area contributed by atoms with Crippen molar-refractivity contribution in [2.75, 3.05) is 39.8 Å². The number of benzene rings is 1. The van der Waals surface area contributed by atoms with Gasteiger partial charge in [-0.2, -0.15) is 0 Å². The Morgan fingerprint density at radius 2 is 1.88 bits per heavy atom. The summed E-state index contributed by atoms with van der Waals surface area (Å²) >= 11 is 0. The third-order valence-electron chi connectivity index (χ3n) is 4.78. The van der Waals surface area contributed by atoms with Crippen LogP contribution in [0.5, 0.6) is 5.75 Å². The second kappa shape index (κ2) is 6.73. The molecule has 1 saturated heterocycles. The van der Waals surface area contributed by atoms with E-state index in [-0.39, 0.29) is 0 Å². The molecule has 2 aromatic rings. The molecule has 0 atom stereocenters. The van der Waals surface area contributed by atoms with Gasteiger partial charge in [-0.1, -0.05) is 0 Å². The van der Waals surface area contributed by atoms with E-state index in [1.807, 2.05) is 6.20 Å². The molecule has 1 aliphatic heterocycles. The largest absolute Gasteiger partial charge is 0.496 e. The Balaban J connectivity index is 1.72. The van der Waals surface area contributed by atoms with Crippen molar-refractivity contribution in [2.24, 2.45) is 0 Å². The lowest BCUT2D eigenvalue weighted by Gasteiger charge is -2.36. The molecule has 3 rings (SSSR count). The Kier molecular flexibility index (Phi) is 4.83. The first-order chi connectivity index (χ1) is 11.4. The Labute approximate surface area is 143 Å². The summed E-state index contributed by atoms with van der Waals surface area (Å²) in [6.45, 7) is 10.5. The second-order valence-corrected chi connectivity index (χ2v) is 7.41. The molecule has 4 nitrogen and oxygen atoms in total. The van der Waals surface area contributed by atoms with Crippen molar-refractivity contribution in [1.82, 2.24) is 14.8 Å². The van der Waals surface area contributed by atoms with Gasteiger partial charge in [0.1, 0.15) is 11.4 Å². The number of fused-ring (bicyclic) bond motifs is 1. The van der Waals surface area contributed by atoms with E-state index in [4.69, 9.17) is 4.74 Å². The van der Waals surface area contributed by atoms with E-state index in [9.17, 15) is 4.39 Å². The second-order valence-electron chi connectivity index (χ2n) is 7.41. The number of nitrogens with one attached hydrogen (secondary N) is 1. The number of rotatable bonds is 5. The normalized spacial score (nSPS) is 17.5. The van der Waals surface area contributed by atoms with Gasteiger partial charge in [0, 0.05) is 61.9 Å². The van der Waals surface area contributed by atoms with Crippen molar-refractivity contribution in [3.63, 3.8) is 0 Å². The number of methoxy groups -OCH3 is 1. The molecule has 1 aliphatic rings. The monoisotopic (exact) mass is 333 g/mol. The lowest BCUT2D eigenvalue weighted by Crippen LogP contribution is -2.49. The molecule has 1 aromatic carbocycles. The van der Waals surface area contributed by atoms with Gasteiger partial charge in [0.15, 0.2) is 0 Å². The van der Waals surface area contributed by atoms with Crippen LogP contribution < -0.4 is 4.74 Å². The Morgan fingerprint density at radius 1 is 1.21 bits per heavy atom. The summed E-state index contributed by atoms with van der Waals surface area (Å²) < 4.78 is 19.4. The average molecular weight is 333 g/mol. The van der Waals surface area contributed by atoms with Gasteiger partial charge in [0.25, 0.3) is 0 Å². The van der Waals surface area contributed by atoms with Gasteiger partial charge in [0.05, 0.1) is 7.11 Å². The third-order valence-corrected chi connectivity index (χ3v) is 4.78. The molecule has 0 spiro atoms. The molecule has 5 heteroatoms. The number of hydrogen-bond acceptors (Lipinski definition) is 3. The van der Waals surface area contributed by atoms with E-state index in [0.717, 1.165) is 38.5 Å². The van der Waals surface area contributed by atoms with Crippen molar-refractivity contribution >= 4 is 10.9 Å². The van der Waals surface area contributed by atoms with Gasteiger partial charge >= 0.3 is 0 Å². The van der Waals surface area contributed by atoms with Crippen LogP contribution >= 0.6 is 0 Å². The number of hydrogen-bond donors (Lipinski definition) is 1. The number of aromatic amines is 1. The molecular weight excluding hydrogens is 305 g/mol. The van der Waals surface area contributed by atoms with Crippen LogP contribution in [0.2, 0.25) is 0 Å². The summed E-state index contributed by atoms with van der Waals surface area (Å²) in [5, 5.41) is 1.24. The van der Waals surface area contributed by atoms with Gasteiger partial charge in [-0.05, 0) is 38.5 Å². The predicted octanol–water partition coefficient (Wildman–Crippen LogP) is 3.35. The smallest absolute Gasteiger partial charge is 0.124 e. The first-order valence-corrected chi connectivity index (χ1v) is 8.64. The molecular formula is C19H28FN3O. The molecule has 1 N–H and O–H groups in total. The molecule has 0 unspecified atom stereocenters. The summed E-state index contributed by atoms with van der Waals surface area (Å²) in [5.74, 6) is 0.951. The number of alkyl halides is 1. The fraction of sp³-hybridized carbons (Fsp3) is 0.579. The maximum absolute atomic E-state index is 13.8. The summed E-state index contributed by atoms with van der Waals surface area (Å²) in [6, 6.07) is 4.23. The number of ether oxygens (including phenoxy) is 1. The minimum Gasteiger partial charge on any atom is -0.496 e. The minimum atomic E-state index is -1.13. The lowest BCUT2D eigenvalue weighted by molar-refractivity contribution is 0.0731. The quantitative estimate of drug-likeness (QED) is 0.910. The van der Waals surface area contributed by atoms with Crippen molar-refractivity contribution in [3.05, 3.63) is 29.5 Å². The summed E-state index contributed by atoms with van der Waals surface area (Å²) in [5.41, 5.74) is 2.49. The van der Waals surface area contributed by atoms with Gasteiger partial charge < -0.3 is 9.72 Å².